The largest absolute Gasteiger partial charge is 0.464 e. The maximum absolute atomic E-state index is 12.3. The zero-order valence-electron chi connectivity index (χ0n) is 15.8. The number of aromatic amines is 1. The van der Waals surface area contributed by atoms with Crippen molar-refractivity contribution >= 4 is 11.9 Å². The molecule has 0 saturated carbocycles. The zero-order valence-corrected chi connectivity index (χ0v) is 15.8. The van der Waals surface area contributed by atoms with E-state index in [1.165, 1.54) is 0 Å². The van der Waals surface area contributed by atoms with E-state index in [9.17, 15) is 30.0 Å². The minimum atomic E-state index is -2.01. The lowest BCUT2D eigenvalue weighted by atomic mass is 9.91. The minimum Gasteiger partial charge on any atom is -0.464 e. The molecule has 0 fully saturated rings. The van der Waals surface area contributed by atoms with Gasteiger partial charge in [-0.25, -0.2) is 9.59 Å². The number of nitrogens with one attached hydrogen (secondary N) is 1. The lowest BCUT2D eigenvalue weighted by Crippen LogP contribution is -2.43. The summed E-state index contributed by atoms with van der Waals surface area (Å²) in [6.45, 7) is -0.874. The van der Waals surface area contributed by atoms with Crippen molar-refractivity contribution in [2.45, 2.75) is 24.4 Å². The van der Waals surface area contributed by atoms with Crippen LogP contribution in [0.5, 0.6) is 0 Å². The second-order valence-electron chi connectivity index (χ2n) is 6.19. The van der Waals surface area contributed by atoms with Gasteiger partial charge < -0.3 is 40.0 Å². The van der Waals surface area contributed by atoms with E-state index in [1.807, 2.05) is 0 Å². The fourth-order valence-corrected chi connectivity index (χ4v) is 2.93. The van der Waals surface area contributed by atoms with E-state index in [0.717, 1.165) is 14.2 Å². The van der Waals surface area contributed by atoms with Crippen LogP contribution in [0.4, 0.5) is 0 Å². The van der Waals surface area contributed by atoms with Crippen LogP contribution in [-0.2, 0) is 9.47 Å². The fraction of sp³-hybridized carbons (Fsp3) is 0.368. The third-order valence-corrected chi connectivity index (χ3v) is 4.43. The lowest BCUT2D eigenvalue weighted by molar-refractivity contribution is -0.116. The molecule has 0 amide bonds. The molecule has 0 spiro atoms. The van der Waals surface area contributed by atoms with Gasteiger partial charge in [-0.2, -0.15) is 0 Å². The van der Waals surface area contributed by atoms with Crippen molar-refractivity contribution < 1.29 is 44.6 Å². The number of aromatic nitrogens is 1. The number of benzene rings is 1. The molecular formula is C19H23NO9. The number of hydrogen-bond donors (Lipinski definition) is 6. The Balaban J connectivity index is 2.74. The second kappa shape index (κ2) is 9.63. The molecule has 4 unspecified atom stereocenters. The number of aliphatic hydroxyl groups is 5. The predicted molar refractivity (Wildman–Crippen MR) is 99.0 cm³/mol. The Hall–Kier alpha value is -2.76. The monoisotopic (exact) mass is 409 g/mol. The van der Waals surface area contributed by atoms with E-state index in [4.69, 9.17) is 9.84 Å². The zero-order chi connectivity index (χ0) is 21.7. The number of H-pyrrole nitrogens is 1. The van der Waals surface area contributed by atoms with E-state index in [2.05, 4.69) is 9.72 Å². The first-order chi connectivity index (χ1) is 13.8. The predicted octanol–water partition coefficient (Wildman–Crippen LogP) is -0.637. The van der Waals surface area contributed by atoms with Gasteiger partial charge in [0.1, 0.15) is 35.8 Å². The Kier molecular flexibility index (Phi) is 7.48. The van der Waals surface area contributed by atoms with Crippen molar-refractivity contribution in [3.05, 3.63) is 47.3 Å². The standard InChI is InChI=1S/C19H23NO9/c1-28-18(26)13-11(9-6-4-3-5-7-9)12(14(20-13)19(27)29-2)16(24)17(25)15(23)10(22)8-21/h3-7,10,15-17,20-25H,8H2,1-2H3. The average molecular weight is 409 g/mol. The van der Waals surface area contributed by atoms with Crippen molar-refractivity contribution in [2.75, 3.05) is 20.8 Å². The first-order valence-corrected chi connectivity index (χ1v) is 8.59. The lowest BCUT2D eigenvalue weighted by Gasteiger charge is -2.26. The molecule has 2 aromatic rings. The van der Waals surface area contributed by atoms with Gasteiger partial charge in [0.15, 0.2) is 0 Å². The smallest absolute Gasteiger partial charge is 0.355 e. The van der Waals surface area contributed by atoms with Gasteiger partial charge in [-0.05, 0) is 5.56 Å². The summed E-state index contributed by atoms with van der Waals surface area (Å²) in [5.74, 6) is -1.80. The molecule has 10 nitrogen and oxygen atoms in total. The van der Waals surface area contributed by atoms with Crippen LogP contribution in [0.1, 0.15) is 32.6 Å². The summed E-state index contributed by atoms with van der Waals surface area (Å²) in [5.41, 5.74) is -0.311. The molecule has 4 atom stereocenters. The molecule has 29 heavy (non-hydrogen) atoms. The molecule has 1 aromatic heterocycles. The Morgan fingerprint density at radius 3 is 2.00 bits per heavy atom. The maximum atomic E-state index is 12.3. The van der Waals surface area contributed by atoms with Crippen molar-refractivity contribution in [1.29, 1.82) is 0 Å². The summed E-state index contributed by atoms with van der Waals surface area (Å²) in [4.78, 5) is 27.1. The van der Waals surface area contributed by atoms with Gasteiger partial charge in [-0.3, -0.25) is 0 Å². The van der Waals surface area contributed by atoms with Gasteiger partial charge >= 0.3 is 11.9 Å². The van der Waals surface area contributed by atoms with Crippen LogP contribution < -0.4 is 0 Å². The number of hydrogen-bond acceptors (Lipinski definition) is 9. The summed E-state index contributed by atoms with van der Waals surface area (Å²) in [6, 6.07) is 8.20. The van der Waals surface area contributed by atoms with E-state index < -0.39 is 43.0 Å². The van der Waals surface area contributed by atoms with E-state index in [0.29, 0.717) is 5.56 Å². The third kappa shape index (κ3) is 4.47. The number of esters is 2. The van der Waals surface area contributed by atoms with Gasteiger partial charge in [0, 0.05) is 11.1 Å². The summed E-state index contributed by atoms with van der Waals surface area (Å²) in [5, 5.41) is 49.7. The molecule has 2 rings (SSSR count). The molecule has 0 radical (unpaired) electrons. The minimum absolute atomic E-state index is 0.0510. The van der Waals surface area contributed by atoms with E-state index in [-0.39, 0.29) is 22.5 Å². The normalized spacial score (nSPS) is 15.3. The molecule has 0 aliphatic carbocycles. The number of carbonyl (C=O) groups is 2. The summed E-state index contributed by atoms with van der Waals surface area (Å²) in [7, 11) is 2.21. The second-order valence-corrected chi connectivity index (χ2v) is 6.19. The number of methoxy groups -OCH3 is 2. The van der Waals surface area contributed by atoms with Crippen LogP contribution >= 0.6 is 0 Å². The topological polar surface area (TPSA) is 170 Å². The van der Waals surface area contributed by atoms with Crippen LogP contribution in [0.25, 0.3) is 11.1 Å². The highest BCUT2D eigenvalue weighted by Crippen LogP contribution is 2.37. The summed E-state index contributed by atoms with van der Waals surface area (Å²) in [6.07, 6.45) is -7.64. The molecule has 0 aliphatic rings. The van der Waals surface area contributed by atoms with Crippen molar-refractivity contribution in [2.24, 2.45) is 0 Å². The van der Waals surface area contributed by atoms with Crippen LogP contribution in [-0.4, -0.2) is 81.6 Å². The van der Waals surface area contributed by atoms with Crippen LogP contribution in [0, 0.1) is 0 Å². The van der Waals surface area contributed by atoms with Crippen molar-refractivity contribution in [1.82, 2.24) is 4.98 Å². The molecular weight excluding hydrogens is 386 g/mol. The SMILES string of the molecule is COC(=O)c1[nH]c(C(=O)OC)c(C(O)C(O)C(O)C(O)CO)c1-c1ccccc1. The molecule has 10 heteroatoms. The Morgan fingerprint density at radius 2 is 1.48 bits per heavy atom. The Labute approximate surface area is 166 Å². The van der Waals surface area contributed by atoms with Gasteiger partial charge in [0.05, 0.1) is 20.8 Å². The molecule has 1 heterocycles. The van der Waals surface area contributed by atoms with E-state index >= 15 is 0 Å². The van der Waals surface area contributed by atoms with Gasteiger partial charge in [-0.1, -0.05) is 30.3 Å². The highest BCUT2D eigenvalue weighted by Gasteiger charge is 2.38. The maximum Gasteiger partial charge on any atom is 0.355 e. The van der Waals surface area contributed by atoms with Crippen LogP contribution in [0.3, 0.4) is 0 Å². The highest BCUT2D eigenvalue weighted by atomic mass is 16.5. The molecule has 158 valence electrons. The first kappa shape index (κ1) is 22.5. The molecule has 1 aromatic carbocycles. The number of carbonyl (C=O) groups excluding carboxylic acids is 2. The van der Waals surface area contributed by atoms with Gasteiger partial charge in [0.2, 0.25) is 0 Å². The van der Waals surface area contributed by atoms with E-state index in [1.54, 1.807) is 30.3 Å². The molecule has 0 saturated heterocycles. The summed E-state index contributed by atoms with van der Waals surface area (Å²) >= 11 is 0. The number of aliphatic hydroxyl groups excluding tert-OH is 5. The Bertz CT molecular complexity index is 849. The quantitative estimate of drug-likeness (QED) is 0.311. The fourth-order valence-electron chi connectivity index (χ4n) is 2.93. The number of rotatable bonds is 8. The van der Waals surface area contributed by atoms with Gasteiger partial charge in [-0.15, -0.1) is 0 Å². The van der Waals surface area contributed by atoms with Gasteiger partial charge in [0.25, 0.3) is 0 Å². The van der Waals surface area contributed by atoms with Crippen molar-refractivity contribution in [3.63, 3.8) is 0 Å². The first-order valence-electron chi connectivity index (χ1n) is 8.59. The Morgan fingerprint density at radius 1 is 0.931 bits per heavy atom. The third-order valence-electron chi connectivity index (χ3n) is 4.43. The molecule has 6 N–H and O–H groups in total. The number of ether oxygens (including phenoxy) is 2. The summed E-state index contributed by atoms with van der Waals surface area (Å²) < 4.78 is 9.42. The molecule has 0 bridgehead atoms. The van der Waals surface area contributed by atoms with Crippen LogP contribution in [0.2, 0.25) is 0 Å². The average Bonchev–Trinajstić information content (AvgIpc) is 3.16. The molecule has 0 aliphatic heterocycles. The van der Waals surface area contributed by atoms with Crippen molar-refractivity contribution in [3.8, 4) is 11.1 Å². The van der Waals surface area contributed by atoms with Crippen LogP contribution in [0.15, 0.2) is 30.3 Å². The highest BCUT2D eigenvalue weighted by molar-refractivity contribution is 6.02.